The number of primary sulfonamides is 1. The van der Waals surface area contributed by atoms with E-state index in [1.54, 1.807) is 12.1 Å². The van der Waals surface area contributed by atoms with Gasteiger partial charge in [0.15, 0.2) is 5.03 Å². The van der Waals surface area contributed by atoms with Crippen LogP contribution >= 0.6 is 0 Å². The largest absolute Gasteiger partial charge is 0.370 e. The molecule has 0 amide bonds. The van der Waals surface area contributed by atoms with Crippen molar-refractivity contribution in [1.82, 2.24) is 4.98 Å². The molecule has 1 aliphatic rings. The van der Waals surface area contributed by atoms with Gasteiger partial charge in [-0.05, 0) is 36.2 Å². The Kier molecular flexibility index (Phi) is 5.32. The summed E-state index contributed by atoms with van der Waals surface area (Å²) in [7, 11) is -3.77. The van der Waals surface area contributed by atoms with Gasteiger partial charge in [0, 0.05) is 12.5 Å². The van der Waals surface area contributed by atoms with Gasteiger partial charge in [-0.2, -0.15) is 0 Å². The lowest BCUT2D eigenvalue weighted by atomic mass is 9.37. The molecule has 6 nitrogen and oxygen atoms in total. The summed E-state index contributed by atoms with van der Waals surface area (Å²) in [6.45, 7) is 5.20. The molecule has 23 heavy (non-hydrogen) atoms. The standard InChI is InChI=1S/C15H23BN4O2S/c1-15(2)9-12(10-16(15)11-17)5-4-8-19-13-6-3-7-14(20-13)23(18,21)22/h3,6-7,12H,4-5,8-10H2,1-2H3,(H,19,20)(H2,18,21,22)/t12-/m0/s1. The Bertz CT molecular complexity index is 700. The van der Waals surface area contributed by atoms with E-state index < -0.39 is 10.0 Å². The second kappa shape index (κ2) is 6.89. The molecule has 1 aliphatic heterocycles. The molecular weight excluding hydrogens is 311 g/mol. The number of hydrogen-bond donors (Lipinski definition) is 2. The lowest BCUT2D eigenvalue weighted by Crippen LogP contribution is -2.19. The third kappa shape index (κ3) is 4.69. The van der Waals surface area contributed by atoms with Crippen molar-refractivity contribution in [2.75, 3.05) is 11.9 Å². The normalized spacial score (nSPS) is 20.3. The highest BCUT2D eigenvalue weighted by Gasteiger charge is 2.43. The molecular formula is C15H23BN4O2S. The molecule has 1 fully saturated rings. The SMILES string of the molecule is CC1(C)C[C@H](CCCNc2cccc(S(N)(=O)=O)n2)CB1C#N. The van der Waals surface area contributed by atoms with Crippen LogP contribution in [0, 0.1) is 17.1 Å². The number of nitriles is 1. The van der Waals surface area contributed by atoms with E-state index in [0.717, 1.165) is 32.1 Å². The topological polar surface area (TPSA) is 109 Å². The number of nitrogens with one attached hydrogen (secondary N) is 1. The summed E-state index contributed by atoms with van der Waals surface area (Å²) in [5, 5.41) is 17.4. The Hall–Kier alpha value is -1.59. The Labute approximate surface area is 138 Å². The maximum absolute atomic E-state index is 11.3. The van der Waals surface area contributed by atoms with Crippen LogP contribution in [-0.4, -0.2) is 26.7 Å². The van der Waals surface area contributed by atoms with E-state index in [1.807, 2.05) is 0 Å². The summed E-state index contributed by atoms with van der Waals surface area (Å²) in [6, 6.07) is 4.72. The van der Waals surface area contributed by atoms with Crippen molar-refractivity contribution in [3.63, 3.8) is 0 Å². The van der Waals surface area contributed by atoms with Crippen LogP contribution in [0.2, 0.25) is 11.6 Å². The van der Waals surface area contributed by atoms with Crippen molar-refractivity contribution >= 4 is 22.6 Å². The molecule has 0 aliphatic carbocycles. The average Bonchev–Trinajstić information content (AvgIpc) is 2.77. The highest BCUT2D eigenvalue weighted by atomic mass is 32.2. The molecule has 2 heterocycles. The minimum absolute atomic E-state index is 0.109. The first-order valence-electron chi connectivity index (χ1n) is 7.86. The first kappa shape index (κ1) is 17.8. The lowest BCUT2D eigenvalue weighted by Gasteiger charge is -2.19. The summed E-state index contributed by atoms with van der Waals surface area (Å²) in [5.74, 6) is 3.52. The van der Waals surface area contributed by atoms with Crippen molar-refractivity contribution in [3.05, 3.63) is 18.2 Å². The van der Waals surface area contributed by atoms with Crippen LogP contribution in [-0.2, 0) is 10.0 Å². The maximum atomic E-state index is 11.3. The van der Waals surface area contributed by atoms with Gasteiger partial charge in [-0.15, -0.1) is 0 Å². The molecule has 124 valence electrons. The first-order chi connectivity index (χ1) is 10.7. The predicted octanol–water partition coefficient (Wildman–Crippen LogP) is 2.28. The van der Waals surface area contributed by atoms with E-state index >= 15 is 0 Å². The van der Waals surface area contributed by atoms with Crippen molar-refractivity contribution < 1.29 is 8.42 Å². The van der Waals surface area contributed by atoms with E-state index in [-0.39, 0.29) is 17.1 Å². The first-order valence-corrected chi connectivity index (χ1v) is 9.40. The number of nitrogens with zero attached hydrogens (tertiary/aromatic N) is 2. The summed E-state index contributed by atoms with van der Waals surface area (Å²) in [6.07, 6.45) is 4.08. The molecule has 8 heteroatoms. The third-order valence-electron chi connectivity index (χ3n) is 4.59. The molecule has 2 rings (SSSR count). The third-order valence-corrected chi connectivity index (χ3v) is 5.40. The monoisotopic (exact) mass is 334 g/mol. The van der Waals surface area contributed by atoms with E-state index in [4.69, 9.17) is 5.14 Å². The van der Waals surface area contributed by atoms with Gasteiger partial charge in [0.25, 0.3) is 16.7 Å². The molecule has 1 aromatic rings. The lowest BCUT2D eigenvalue weighted by molar-refractivity contribution is 0.457. The molecule has 0 spiro atoms. The molecule has 1 aromatic heterocycles. The van der Waals surface area contributed by atoms with Gasteiger partial charge < -0.3 is 5.32 Å². The second-order valence-electron chi connectivity index (χ2n) is 6.95. The van der Waals surface area contributed by atoms with Gasteiger partial charge in [0.2, 0.25) is 0 Å². The Morgan fingerprint density at radius 3 is 2.87 bits per heavy atom. The fourth-order valence-corrected chi connectivity index (χ4v) is 3.84. The number of rotatable bonds is 6. The van der Waals surface area contributed by atoms with Crippen LogP contribution < -0.4 is 10.5 Å². The fourth-order valence-electron chi connectivity index (χ4n) is 3.35. The van der Waals surface area contributed by atoms with E-state index in [1.165, 1.54) is 6.07 Å². The van der Waals surface area contributed by atoms with Crippen LogP contribution in [0.3, 0.4) is 0 Å². The summed E-state index contributed by atoms with van der Waals surface area (Å²) in [5.41, 5.74) is 0. The molecule has 1 saturated heterocycles. The predicted molar refractivity (Wildman–Crippen MR) is 91.7 cm³/mol. The van der Waals surface area contributed by atoms with E-state index in [9.17, 15) is 13.7 Å². The van der Waals surface area contributed by atoms with Gasteiger partial charge >= 0.3 is 0 Å². The number of pyridine rings is 1. The van der Waals surface area contributed by atoms with Crippen LogP contribution in [0.15, 0.2) is 23.2 Å². The van der Waals surface area contributed by atoms with Crippen molar-refractivity contribution in [1.29, 1.82) is 5.26 Å². The highest BCUT2D eigenvalue weighted by molar-refractivity contribution is 7.89. The number of anilines is 1. The van der Waals surface area contributed by atoms with E-state index in [0.29, 0.717) is 11.7 Å². The van der Waals surface area contributed by atoms with E-state index in [2.05, 4.69) is 30.1 Å². The van der Waals surface area contributed by atoms with Crippen molar-refractivity contribution in [3.8, 4) is 5.97 Å². The summed E-state index contributed by atoms with van der Waals surface area (Å²) in [4.78, 5) is 3.99. The quantitative estimate of drug-likeness (QED) is 0.613. The zero-order valence-corrected chi connectivity index (χ0v) is 14.4. The molecule has 0 bridgehead atoms. The van der Waals surface area contributed by atoms with Crippen LogP contribution in [0.1, 0.15) is 33.1 Å². The Balaban J connectivity index is 1.80. The van der Waals surface area contributed by atoms with Gasteiger partial charge in [0.05, 0.1) is 0 Å². The van der Waals surface area contributed by atoms with Gasteiger partial charge in [-0.25, -0.2) is 23.8 Å². The molecule has 0 radical (unpaired) electrons. The van der Waals surface area contributed by atoms with Crippen molar-refractivity contribution in [2.45, 2.75) is 49.8 Å². The zero-order chi connectivity index (χ0) is 17.1. The van der Waals surface area contributed by atoms with Crippen molar-refractivity contribution in [2.24, 2.45) is 11.1 Å². The Morgan fingerprint density at radius 1 is 1.52 bits per heavy atom. The average molecular weight is 334 g/mol. The van der Waals surface area contributed by atoms with Crippen LogP contribution in [0.4, 0.5) is 5.82 Å². The minimum atomic E-state index is -3.77. The fraction of sp³-hybridized carbons (Fsp3) is 0.600. The number of nitrogens with two attached hydrogens (primary N) is 1. The molecule has 0 unspecified atom stereocenters. The highest BCUT2D eigenvalue weighted by Crippen LogP contribution is 2.47. The molecule has 0 aromatic carbocycles. The smallest absolute Gasteiger partial charge is 0.273 e. The molecule has 0 saturated carbocycles. The second-order valence-corrected chi connectivity index (χ2v) is 8.46. The van der Waals surface area contributed by atoms with Gasteiger partial charge in [-0.1, -0.05) is 32.7 Å². The van der Waals surface area contributed by atoms with Gasteiger partial charge in [0.1, 0.15) is 5.82 Å². The van der Waals surface area contributed by atoms with Crippen LogP contribution in [0.25, 0.3) is 0 Å². The number of aromatic nitrogens is 1. The number of sulfonamides is 1. The van der Waals surface area contributed by atoms with Gasteiger partial charge in [-0.3, -0.25) is 0 Å². The minimum Gasteiger partial charge on any atom is -0.370 e. The summed E-state index contributed by atoms with van der Waals surface area (Å²) >= 11 is 0. The maximum Gasteiger partial charge on any atom is 0.273 e. The molecule has 1 atom stereocenters. The Morgan fingerprint density at radius 2 is 2.26 bits per heavy atom. The zero-order valence-electron chi connectivity index (χ0n) is 13.6. The summed E-state index contributed by atoms with van der Waals surface area (Å²) < 4.78 is 22.5. The van der Waals surface area contributed by atoms with Crippen LogP contribution in [0.5, 0.6) is 0 Å². The number of hydrogen-bond acceptors (Lipinski definition) is 5. The molecule has 3 N–H and O–H groups in total.